The first-order chi connectivity index (χ1) is 17.8. The second-order valence-corrected chi connectivity index (χ2v) is 9.47. The number of hydrogen-bond acceptors (Lipinski definition) is 8. The molecule has 2 aromatic heterocycles. The first-order valence-corrected chi connectivity index (χ1v) is 12.1. The number of esters is 1. The van der Waals surface area contributed by atoms with E-state index in [4.69, 9.17) is 9.15 Å². The number of carbonyl (C=O) groups is 1. The molecule has 2 aromatic carbocycles. The highest BCUT2D eigenvalue weighted by Crippen LogP contribution is 2.33. The fourth-order valence-electron chi connectivity index (χ4n) is 4.35. The number of ether oxygens (including phenoxy) is 1. The van der Waals surface area contributed by atoms with Crippen LogP contribution in [0, 0.1) is 17.0 Å². The molecule has 3 heterocycles. The number of nitrogens with zero attached hydrogens (tertiary/aromatic N) is 3. The summed E-state index contributed by atoms with van der Waals surface area (Å²) in [5, 5.41) is 11.5. The predicted octanol–water partition coefficient (Wildman–Crippen LogP) is 3.88. The van der Waals surface area contributed by atoms with Crippen molar-refractivity contribution in [1.82, 2.24) is 4.57 Å². The van der Waals surface area contributed by atoms with Gasteiger partial charge < -0.3 is 9.15 Å². The fraction of sp³-hybridized carbons (Fsp3) is 0.148. The molecule has 5 rings (SSSR count). The van der Waals surface area contributed by atoms with E-state index in [9.17, 15) is 19.7 Å². The van der Waals surface area contributed by atoms with Gasteiger partial charge in [0.25, 0.3) is 11.2 Å². The lowest BCUT2D eigenvalue weighted by Crippen LogP contribution is -2.39. The lowest BCUT2D eigenvalue weighted by Gasteiger charge is -2.24. The molecule has 4 aromatic rings. The summed E-state index contributed by atoms with van der Waals surface area (Å²) in [6.45, 7) is 3.49. The molecule has 1 aliphatic rings. The Morgan fingerprint density at radius 2 is 1.92 bits per heavy atom. The van der Waals surface area contributed by atoms with Crippen LogP contribution in [0.5, 0.6) is 0 Å². The molecule has 0 fully saturated rings. The van der Waals surface area contributed by atoms with Gasteiger partial charge in [-0.05, 0) is 43.2 Å². The molecule has 0 spiro atoms. The minimum Gasteiger partial charge on any atom is -0.466 e. The maximum atomic E-state index is 13.6. The van der Waals surface area contributed by atoms with Crippen molar-refractivity contribution in [2.45, 2.75) is 19.9 Å². The van der Waals surface area contributed by atoms with E-state index < -0.39 is 16.9 Å². The topological polar surface area (TPSA) is 117 Å². The highest BCUT2D eigenvalue weighted by Gasteiger charge is 2.33. The van der Waals surface area contributed by atoms with Gasteiger partial charge in [0, 0.05) is 12.1 Å². The van der Waals surface area contributed by atoms with Crippen LogP contribution in [0.25, 0.3) is 17.4 Å². The van der Waals surface area contributed by atoms with E-state index >= 15 is 0 Å². The number of nitro groups is 1. The van der Waals surface area contributed by atoms with Crippen LogP contribution in [0.3, 0.4) is 0 Å². The van der Waals surface area contributed by atoms with Crippen molar-refractivity contribution in [2.24, 2.45) is 4.99 Å². The van der Waals surface area contributed by atoms with Gasteiger partial charge in [-0.15, -0.1) is 0 Å². The molecule has 0 saturated carbocycles. The standard InChI is InChI=1S/C27H21N3O6S/c1-15-9-11-19(20(13-15)30(33)34)21-12-10-18(36-21)14-22-25(31)29-24(17-7-5-4-6-8-17)23(26(32)35-3)16(2)28-27(29)37-22/h4-14,24H,1-3H3/b22-14-/t24-/m0/s1. The molecule has 1 atom stereocenters. The number of furan rings is 1. The number of thiazole rings is 1. The highest BCUT2D eigenvalue weighted by molar-refractivity contribution is 7.07. The summed E-state index contributed by atoms with van der Waals surface area (Å²) in [5.41, 5.74) is 2.22. The average molecular weight is 516 g/mol. The summed E-state index contributed by atoms with van der Waals surface area (Å²) in [5.74, 6) is 0.117. The first-order valence-electron chi connectivity index (χ1n) is 11.3. The Morgan fingerprint density at radius 3 is 2.62 bits per heavy atom. The summed E-state index contributed by atoms with van der Waals surface area (Å²) >= 11 is 1.17. The fourth-order valence-corrected chi connectivity index (χ4v) is 5.38. The molecule has 10 heteroatoms. The minimum atomic E-state index is -0.700. The van der Waals surface area contributed by atoms with Crippen LogP contribution in [0.15, 0.2) is 86.1 Å². The van der Waals surface area contributed by atoms with Gasteiger partial charge in [-0.25, -0.2) is 9.79 Å². The third-order valence-electron chi connectivity index (χ3n) is 6.06. The molecule has 0 amide bonds. The van der Waals surface area contributed by atoms with Gasteiger partial charge in [0.15, 0.2) is 4.80 Å². The quantitative estimate of drug-likeness (QED) is 0.226. The second kappa shape index (κ2) is 9.47. The number of carbonyl (C=O) groups excluding carboxylic acids is 1. The van der Waals surface area contributed by atoms with Crippen LogP contribution in [0.4, 0.5) is 5.69 Å². The van der Waals surface area contributed by atoms with Crippen molar-refractivity contribution < 1.29 is 18.9 Å². The molecular weight excluding hydrogens is 494 g/mol. The van der Waals surface area contributed by atoms with Crippen molar-refractivity contribution >= 4 is 29.1 Å². The number of aromatic nitrogens is 1. The van der Waals surface area contributed by atoms with Crippen LogP contribution < -0.4 is 14.9 Å². The molecule has 0 aliphatic carbocycles. The molecule has 37 heavy (non-hydrogen) atoms. The summed E-state index contributed by atoms with van der Waals surface area (Å²) in [7, 11) is 1.29. The van der Waals surface area contributed by atoms with Crippen LogP contribution >= 0.6 is 11.3 Å². The Labute approximate surface area is 214 Å². The molecule has 186 valence electrons. The maximum absolute atomic E-state index is 13.6. The van der Waals surface area contributed by atoms with E-state index in [0.717, 1.165) is 11.1 Å². The third kappa shape index (κ3) is 4.31. The molecule has 0 N–H and O–H groups in total. The highest BCUT2D eigenvalue weighted by atomic mass is 32.1. The van der Waals surface area contributed by atoms with Gasteiger partial charge in [0.2, 0.25) is 0 Å². The second-order valence-electron chi connectivity index (χ2n) is 8.46. The molecule has 0 unspecified atom stereocenters. The average Bonchev–Trinajstić information content (AvgIpc) is 3.47. The van der Waals surface area contributed by atoms with Gasteiger partial charge in [-0.1, -0.05) is 47.7 Å². The third-order valence-corrected chi connectivity index (χ3v) is 7.04. The number of allylic oxidation sites excluding steroid dienone is 1. The number of fused-ring (bicyclic) bond motifs is 1. The summed E-state index contributed by atoms with van der Waals surface area (Å²) in [6.07, 6.45) is 1.58. The lowest BCUT2D eigenvalue weighted by atomic mass is 9.96. The van der Waals surface area contributed by atoms with E-state index in [1.807, 2.05) is 30.3 Å². The SMILES string of the molecule is COC(=O)C1=C(C)N=c2s/c(=C\c3ccc(-c4ccc(C)cc4[N+](=O)[O-])o3)c(=O)n2[C@H]1c1ccccc1. The van der Waals surface area contributed by atoms with Crippen LogP contribution in [0.1, 0.15) is 29.9 Å². The molecule has 1 aliphatic heterocycles. The molecule has 0 bridgehead atoms. The molecule has 0 radical (unpaired) electrons. The van der Waals surface area contributed by atoms with Gasteiger partial charge >= 0.3 is 5.97 Å². The number of benzene rings is 2. The van der Waals surface area contributed by atoms with E-state index in [2.05, 4.69) is 4.99 Å². The summed E-state index contributed by atoms with van der Waals surface area (Å²) in [4.78, 5) is 42.3. The minimum absolute atomic E-state index is 0.0612. The van der Waals surface area contributed by atoms with E-state index in [1.54, 1.807) is 44.2 Å². The zero-order valence-electron chi connectivity index (χ0n) is 20.1. The first kappa shape index (κ1) is 24.1. The number of aryl methyl sites for hydroxylation is 1. The Balaban J connectivity index is 1.64. The lowest BCUT2D eigenvalue weighted by molar-refractivity contribution is -0.384. The van der Waals surface area contributed by atoms with Crippen molar-refractivity contribution in [2.75, 3.05) is 7.11 Å². The molecular formula is C27H21N3O6S. The van der Waals surface area contributed by atoms with Gasteiger partial charge in [0.1, 0.15) is 11.5 Å². The van der Waals surface area contributed by atoms with Gasteiger partial charge in [0.05, 0.1) is 39.4 Å². The van der Waals surface area contributed by atoms with Crippen molar-refractivity contribution in [1.29, 1.82) is 0 Å². The number of nitro benzene ring substituents is 1. The number of hydrogen-bond donors (Lipinski definition) is 0. The maximum Gasteiger partial charge on any atom is 0.338 e. The monoisotopic (exact) mass is 515 g/mol. The van der Waals surface area contributed by atoms with E-state index in [1.165, 1.54) is 29.1 Å². The molecule has 9 nitrogen and oxygen atoms in total. The van der Waals surface area contributed by atoms with E-state index in [-0.39, 0.29) is 11.2 Å². The zero-order valence-corrected chi connectivity index (χ0v) is 20.9. The normalized spacial score (nSPS) is 15.3. The van der Waals surface area contributed by atoms with Gasteiger partial charge in [-0.2, -0.15) is 0 Å². The van der Waals surface area contributed by atoms with E-state index in [0.29, 0.717) is 37.7 Å². The summed E-state index contributed by atoms with van der Waals surface area (Å²) < 4.78 is 12.7. The number of methoxy groups -OCH3 is 1. The van der Waals surface area contributed by atoms with Gasteiger partial charge in [-0.3, -0.25) is 19.5 Å². The Bertz CT molecular complexity index is 1760. The summed E-state index contributed by atoms with van der Waals surface area (Å²) in [6, 6.07) is 16.7. The van der Waals surface area contributed by atoms with Crippen LogP contribution in [-0.2, 0) is 9.53 Å². The number of rotatable bonds is 5. The van der Waals surface area contributed by atoms with Crippen molar-refractivity contribution in [3.8, 4) is 11.3 Å². The Hall–Kier alpha value is -4.57. The smallest absolute Gasteiger partial charge is 0.338 e. The van der Waals surface area contributed by atoms with Crippen molar-refractivity contribution in [3.63, 3.8) is 0 Å². The largest absolute Gasteiger partial charge is 0.466 e. The Kier molecular flexibility index (Phi) is 6.18. The molecule has 0 saturated heterocycles. The predicted molar refractivity (Wildman–Crippen MR) is 138 cm³/mol. The van der Waals surface area contributed by atoms with Crippen LogP contribution in [0.2, 0.25) is 0 Å². The Morgan fingerprint density at radius 1 is 1.16 bits per heavy atom. The zero-order chi connectivity index (χ0) is 26.3. The van der Waals surface area contributed by atoms with Crippen molar-refractivity contribution in [3.05, 3.63) is 119 Å². The van der Waals surface area contributed by atoms with Crippen LogP contribution in [-0.4, -0.2) is 22.6 Å².